The van der Waals surface area contributed by atoms with Crippen LogP contribution in [0.2, 0.25) is 5.02 Å². The molecule has 45 heavy (non-hydrogen) atoms. The van der Waals surface area contributed by atoms with Crippen LogP contribution in [0.5, 0.6) is 11.5 Å². The number of ketones is 1. The summed E-state index contributed by atoms with van der Waals surface area (Å²) in [5.41, 5.74) is 1.96. The van der Waals surface area contributed by atoms with Gasteiger partial charge in [0.1, 0.15) is 5.76 Å². The summed E-state index contributed by atoms with van der Waals surface area (Å²) in [7, 11) is 0. The van der Waals surface area contributed by atoms with Gasteiger partial charge in [0, 0.05) is 16.3 Å². The minimum absolute atomic E-state index is 0.0749. The average Bonchev–Trinajstić information content (AvgIpc) is 3.62. The van der Waals surface area contributed by atoms with E-state index in [1.54, 1.807) is 42.5 Å². The number of ether oxygens (including phenoxy) is 2. The number of Topliss-reactive ketones (excluding diaryl/α,β-unsaturated/α-hetero) is 1. The van der Waals surface area contributed by atoms with Gasteiger partial charge in [0.05, 0.1) is 24.8 Å². The third-order valence-corrected chi connectivity index (χ3v) is 9.63. The summed E-state index contributed by atoms with van der Waals surface area (Å²) in [4.78, 5) is 28.6. The standard InChI is InChI=1S/C34H28ClN3O5S2/c1-3-42-26-17-14-22(18-27(26)43-4-2)29-28(30(39)21-12-15-24(35)16-13-21)31(40)32(41)38(29)33-36-37-34(45-33)44-19-23-10-7-9-20-8-5-6-11-25(20)23/h5-18,29,39H,3-4,19H2,1-2H3/b30-28+. The molecule has 0 saturated carbocycles. The number of hydrogen-bond donors (Lipinski definition) is 1. The summed E-state index contributed by atoms with van der Waals surface area (Å²) in [5.74, 6) is -0.341. The Balaban J connectivity index is 1.40. The van der Waals surface area contributed by atoms with E-state index in [1.165, 1.54) is 28.0 Å². The molecule has 1 aromatic heterocycles. The van der Waals surface area contributed by atoms with E-state index in [2.05, 4.69) is 34.5 Å². The van der Waals surface area contributed by atoms with Crippen LogP contribution in [0.1, 0.15) is 36.6 Å². The number of carbonyl (C=O) groups is 2. The van der Waals surface area contributed by atoms with Gasteiger partial charge in [-0.2, -0.15) is 0 Å². The van der Waals surface area contributed by atoms with Crippen molar-refractivity contribution in [2.45, 2.75) is 30.0 Å². The molecule has 2 heterocycles. The highest BCUT2D eigenvalue weighted by Gasteiger charge is 2.48. The Morgan fingerprint density at radius 2 is 1.67 bits per heavy atom. The van der Waals surface area contributed by atoms with Gasteiger partial charge in [-0.15, -0.1) is 10.2 Å². The smallest absolute Gasteiger partial charge is 0.301 e. The Morgan fingerprint density at radius 3 is 2.44 bits per heavy atom. The van der Waals surface area contributed by atoms with E-state index in [9.17, 15) is 14.7 Å². The molecule has 1 fully saturated rings. The molecule has 1 atom stereocenters. The summed E-state index contributed by atoms with van der Waals surface area (Å²) in [6.45, 7) is 4.53. The number of thioether (sulfide) groups is 1. The third-order valence-electron chi connectivity index (χ3n) is 7.28. The fourth-order valence-electron chi connectivity index (χ4n) is 5.26. The maximum Gasteiger partial charge on any atom is 0.301 e. The van der Waals surface area contributed by atoms with Crippen LogP contribution in [0, 0.1) is 0 Å². The van der Waals surface area contributed by atoms with Gasteiger partial charge in [-0.3, -0.25) is 14.5 Å². The van der Waals surface area contributed by atoms with Gasteiger partial charge in [-0.25, -0.2) is 0 Å². The summed E-state index contributed by atoms with van der Waals surface area (Å²) < 4.78 is 12.2. The van der Waals surface area contributed by atoms with Crippen LogP contribution in [0.3, 0.4) is 0 Å². The molecule has 11 heteroatoms. The lowest BCUT2D eigenvalue weighted by Crippen LogP contribution is -2.29. The molecule has 1 aliphatic heterocycles. The average molecular weight is 658 g/mol. The molecule has 1 amide bonds. The molecule has 1 unspecified atom stereocenters. The first-order chi connectivity index (χ1) is 21.9. The van der Waals surface area contributed by atoms with Crippen molar-refractivity contribution in [1.82, 2.24) is 10.2 Å². The van der Waals surface area contributed by atoms with E-state index in [-0.39, 0.29) is 16.5 Å². The van der Waals surface area contributed by atoms with Crippen LogP contribution < -0.4 is 14.4 Å². The molecular formula is C34H28ClN3O5S2. The molecule has 1 saturated heterocycles. The number of aliphatic hydroxyl groups excluding tert-OH is 1. The number of hydrogen-bond acceptors (Lipinski definition) is 9. The van der Waals surface area contributed by atoms with E-state index in [1.807, 2.05) is 32.0 Å². The number of benzene rings is 4. The van der Waals surface area contributed by atoms with Gasteiger partial charge < -0.3 is 14.6 Å². The van der Waals surface area contributed by atoms with Gasteiger partial charge in [-0.1, -0.05) is 83.2 Å². The second kappa shape index (κ2) is 13.3. The molecule has 1 aliphatic rings. The number of amides is 1. The van der Waals surface area contributed by atoms with E-state index >= 15 is 0 Å². The highest BCUT2D eigenvalue weighted by atomic mass is 35.5. The van der Waals surface area contributed by atoms with Crippen LogP contribution >= 0.6 is 34.7 Å². The molecule has 0 aliphatic carbocycles. The molecule has 6 rings (SSSR count). The molecule has 0 radical (unpaired) electrons. The number of nitrogens with zero attached hydrogens (tertiary/aromatic N) is 3. The summed E-state index contributed by atoms with van der Waals surface area (Å²) in [5, 5.41) is 23.2. The molecular weight excluding hydrogens is 630 g/mol. The van der Waals surface area contributed by atoms with Crippen molar-refractivity contribution in [3.05, 3.63) is 112 Å². The summed E-state index contributed by atoms with van der Waals surface area (Å²) in [6.07, 6.45) is 0. The van der Waals surface area contributed by atoms with Crippen molar-refractivity contribution in [2.75, 3.05) is 18.1 Å². The maximum atomic E-state index is 13.7. The predicted octanol–water partition coefficient (Wildman–Crippen LogP) is 8.06. The number of halogens is 1. The number of aromatic nitrogens is 2. The Labute approximate surface area is 273 Å². The first-order valence-corrected chi connectivity index (χ1v) is 16.5. The van der Waals surface area contributed by atoms with Crippen LogP contribution in [-0.4, -0.2) is 40.2 Å². The molecule has 0 spiro atoms. The lowest BCUT2D eigenvalue weighted by atomic mass is 9.95. The van der Waals surface area contributed by atoms with Gasteiger partial charge >= 0.3 is 5.91 Å². The Bertz CT molecular complexity index is 1920. The van der Waals surface area contributed by atoms with Gasteiger partial charge in [0.15, 0.2) is 15.8 Å². The molecule has 5 aromatic rings. The zero-order chi connectivity index (χ0) is 31.5. The second-order valence-electron chi connectivity index (χ2n) is 10.0. The minimum Gasteiger partial charge on any atom is -0.507 e. The summed E-state index contributed by atoms with van der Waals surface area (Å²) in [6, 6.07) is 25.0. The lowest BCUT2D eigenvalue weighted by Gasteiger charge is -2.23. The summed E-state index contributed by atoms with van der Waals surface area (Å²) >= 11 is 8.78. The molecule has 228 valence electrons. The van der Waals surface area contributed by atoms with E-state index < -0.39 is 17.7 Å². The number of aliphatic hydroxyl groups is 1. The van der Waals surface area contributed by atoms with Crippen LogP contribution in [0.15, 0.2) is 94.8 Å². The molecule has 8 nitrogen and oxygen atoms in total. The van der Waals surface area contributed by atoms with E-state index in [0.29, 0.717) is 51.0 Å². The number of anilines is 1. The number of rotatable bonds is 10. The van der Waals surface area contributed by atoms with Crippen molar-refractivity contribution in [3.63, 3.8) is 0 Å². The lowest BCUT2D eigenvalue weighted by molar-refractivity contribution is -0.132. The Kier molecular flexibility index (Phi) is 9.07. The highest BCUT2D eigenvalue weighted by Crippen LogP contribution is 2.46. The highest BCUT2D eigenvalue weighted by molar-refractivity contribution is 8.00. The predicted molar refractivity (Wildman–Crippen MR) is 178 cm³/mol. The van der Waals surface area contributed by atoms with Gasteiger partial charge in [-0.05, 0) is 72.1 Å². The molecule has 1 N–H and O–H groups in total. The first-order valence-electron chi connectivity index (χ1n) is 14.3. The fourth-order valence-corrected chi connectivity index (χ4v) is 7.26. The normalized spacial score (nSPS) is 16.0. The third kappa shape index (κ3) is 6.13. The fraction of sp³-hybridized carbons (Fsp3) is 0.176. The van der Waals surface area contributed by atoms with Crippen molar-refractivity contribution in [2.24, 2.45) is 0 Å². The minimum atomic E-state index is -1.00. The van der Waals surface area contributed by atoms with Gasteiger partial charge in [0.25, 0.3) is 5.78 Å². The number of fused-ring (bicyclic) bond motifs is 1. The topological polar surface area (TPSA) is 102 Å². The Hall–Kier alpha value is -4.38. The van der Waals surface area contributed by atoms with Crippen LogP contribution in [0.25, 0.3) is 16.5 Å². The van der Waals surface area contributed by atoms with Crippen molar-refractivity contribution in [3.8, 4) is 11.5 Å². The van der Waals surface area contributed by atoms with Crippen molar-refractivity contribution >= 4 is 68.1 Å². The zero-order valence-electron chi connectivity index (χ0n) is 24.4. The van der Waals surface area contributed by atoms with E-state index in [4.69, 9.17) is 21.1 Å². The second-order valence-corrected chi connectivity index (χ2v) is 12.6. The Morgan fingerprint density at radius 1 is 0.933 bits per heavy atom. The van der Waals surface area contributed by atoms with Crippen molar-refractivity contribution in [1.29, 1.82) is 0 Å². The largest absolute Gasteiger partial charge is 0.507 e. The van der Waals surface area contributed by atoms with Crippen molar-refractivity contribution < 1.29 is 24.2 Å². The number of carbonyl (C=O) groups excluding carboxylic acids is 2. The van der Waals surface area contributed by atoms with Crippen LogP contribution in [-0.2, 0) is 15.3 Å². The van der Waals surface area contributed by atoms with Crippen LogP contribution in [0.4, 0.5) is 5.13 Å². The van der Waals surface area contributed by atoms with E-state index in [0.717, 1.165) is 16.3 Å². The van der Waals surface area contributed by atoms with Gasteiger partial charge in [0.2, 0.25) is 5.13 Å². The molecule has 0 bridgehead atoms. The zero-order valence-corrected chi connectivity index (χ0v) is 26.8. The monoisotopic (exact) mass is 657 g/mol. The first kappa shape index (κ1) is 30.6. The maximum absolute atomic E-state index is 13.7. The quantitative estimate of drug-likeness (QED) is 0.0529. The molecule has 4 aromatic carbocycles. The SMILES string of the molecule is CCOc1ccc(C2/C(=C(\O)c3ccc(Cl)cc3)C(=O)C(=O)N2c2nnc(SCc3cccc4ccccc34)s2)cc1OCC.